The monoisotopic (exact) mass is 435 g/mol. The number of nitrogens with one attached hydrogen (secondary N) is 2. The van der Waals surface area contributed by atoms with Crippen molar-refractivity contribution in [2.75, 3.05) is 13.1 Å². The smallest absolute Gasteiger partial charge is 0.408 e. The number of hydrogen-bond acceptors (Lipinski definition) is 5. The van der Waals surface area contributed by atoms with Crippen LogP contribution in [0.1, 0.15) is 72.4 Å². The van der Waals surface area contributed by atoms with Gasteiger partial charge >= 0.3 is 6.09 Å². The summed E-state index contributed by atoms with van der Waals surface area (Å²) in [4.78, 5) is 39.5. The molecule has 3 amide bonds. The number of phenolic OH excluding ortho intramolecular Hbond substituents is 1. The van der Waals surface area contributed by atoms with Crippen molar-refractivity contribution in [1.29, 1.82) is 0 Å². The summed E-state index contributed by atoms with van der Waals surface area (Å²) in [6.07, 6.45) is 2.11. The minimum absolute atomic E-state index is 0.0743. The largest absolute Gasteiger partial charge is 0.508 e. The predicted octanol–water partition coefficient (Wildman–Crippen LogP) is 3.50. The van der Waals surface area contributed by atoms with Crippen molar-refractivity contribution in [2.24, 2.45) is 0 Å². The molecule has 8 nitrogen and oxygen atoms in total. The van der Waals surface area contributed by atoms with Crippen LogP contribution in [0.2, 0.25) is 0 Å². The molecule has 31 heavy (non-hydrogen) atoms. The van der Waals surface area contributed by atoms with Crippen molar-refractivity contribution in [2.45, 2.75) is 78.5 Å². The molecule has 0 aliphatic carbocycles. The highest BCUT2D eigenvalue weighted by molar-refractivity contribution is 5.91. The highest BCUT2D eigenvalue weighted by Gasteiger charge is 2.34. The average Bonchev–Trinajstić information content (AvgIpc) is 2.66. The lowest BCUT2D eigenvalue weighted by Gasteiger charge is -2.35. The van der Waals surface area contributed by atoms with E-state index in [1.54, 1.807) is 52.8 Å². The SMILES string of the molecule is CCCCCNC(=O)C(c1ccccc1O)N(C(=O)CNC(=O)OC(C)(C)C)C(C)C. The Balaban J connectivity index is 3.09. The molecule has 8 heteroatoms. The van der Waals surface area contributed by atoms with Crippen molar-refractivity contribution < 1.29 is 24.2 Å². The number of phenols is 1. The van der Waals surface area contributed by atoms with Gasteiger partial charge in [-0.3, -0.25) is 9.59 Å². The number of alkyl carbamates (subject to hydrolysis) is 1. The molecule has 0 spiro atoms. The fourth-order valence-corrected chi connectivity index (χ4v) is 3.10. The van der Waals surface area contributed by atoms with Crippen molar-refractivity contribution in [3.05, 3.63) is 29.8 Å². The normalized spacial score (nSPS) is 12.2. The Bertz CT molecular complexity index is 743. The third kappa shape index (κ3) is 8.86. The van der Waals surface area contributed by atoms with Gasteiger partial charge in [-0.25, -0.2) is 4.79 Å². The van der Waals surface area contributed by atoms with Gasteiger partial charge in [-0.2, -0.15) is 0 Å². The Morgan fingerprint density at radius 2 is 1.74 bits per heavy atom. The van der Waals surface area contributed by atoms with Crippen LogP contribution in [0.15, 0.2) is 24.3 Å². The lowest BCUT2D eigenvalue weighted by molar-refractivity contribution is -0.142. The zero-order valence-electron chi connectivity index (χ0n) is 19.5. The zero-order valence-corrected chi connectivity index (χ0v) is 19.5. The molecular formula is C23H37N3O5. The molecule has 0 fully saturated rings. The molecule has 0 heterocycles. The van der Waals surface area contributed by atoms with Crippen molar-refractivity contribution >= 4 is 17.9 Å². The van der Waals surface area contributed by atoms with E-state index in [4.69, 9.17) is 4.74 Å². The van der Waals surface area contributed by atoms with E-state index in [9.17, 15) is 19.5 Å². The predicted molar refractivity (Wildman–Crippen MR) is 120 cm³/mol. The summed E-state index contributed by atoms with van der Waals surface area (Å²) in [6.45, 7) is 11.0. The quantitative estimate of drug-likeness (QED) is 0.488. The number of aromatic hydroxyl groups is 1. The molecule has 0 aliphatic heterocycles. The molecule has 174 valence electrons. The first-order valence-corrected chi connectivity index (χ1v) is 10.8. The fraction of sp³-hybridized carbons (Fsp3) is 0.609. The summed E-state index contributed by atoms with van der Waals surface area (Å²) in [6, 6.07) is 5.06. The van der Waals surface area contributed by atoms with Crippen LogP contribution in [0.25, 0.3) is 0 Å². The van der Waals surface area contributed by atoms with Crippen LogP contribution < -0.4 is 10.6 Å². The van der Waals surface area contributed by atoms with Crippen molar-refractivity contribution in [3.8, 4) is 5.75 Å². The van der Waals surface area contributed by atoms with E-state index in [1.807, 2.05) is 0 Å². The van der Waals surface area contributed by atoms with Crippen molar-refractivity contribution in [1.82, 2.24) is 15.5 Å². The number of nitrogens with zero attached hydrogens (tertiary/aromatic N) is 1. The maximum absolute atomic E-state index is 13.1. The molecule has 0 radical (unpaired) electrons. The number of rotatable bonds is 10. The molecule has 3 N–H and O–H groups in total. The molecule has 0 saturated heterocycles. The molecule has 1 rings (SSSR count). The maximum atomic E-state index is 13.1. The Hall–Kier alpha value is -2.77. The van der Waals surface area contributed by atoms with E-state index in [0.29, 0.717) is 12.1 Å². The maximum Gasteiger partial charge on any atom is 0.408 e. The van der Waals surface area contributed by atoms with Crippen LogP contribution in [0, 0.1) is 0 Å². The number of carbonyl (C=O) groups excluding carboxylic acids is 3. The summed E-state index contributed by atoms with van der Waals surface area (Å²) in [5.41, 5.74) is -0.364. The van der Waals surface area contributed by atoms with E-state index in [-0.39, 0.29) is 24.2 Å². The summed E-state index contributed by atoms with van der Waals surface area (Å²) < 4.78 is 5.18. The van der Waals surface area contributed by atoms with E-state index in [0.717, 1.165) is 19.3 Å². The van der Waals surface area contributed by atoms with Crippen LogP contribution in [-0.4, -0.2) is 52.6 Å². The van der Waals surface area contributed by atoms with Gasteiger partial charge in [0.15, 0.2) is 0 Å². The third-order valence-electron chi connectivity index (χ3n) is 4.46. The van der Waals surface area contributed by atoms with Crippen LogP contribution in [0.5, 0.6) is 5.75 Å². The molecule has 0 bridgehead atoms. The summed E-state index contributed by atoms with van der Waals surface area (Å²) in [5.74, 6) is -0.912. The second-order valence-corrected chi connectivity index (χ2v) is 8.71. The number of para-hydroxylation sites is 1. The molecule has 0 saturated carbocycles. The molecule has 1 aromatic rings. The average molecular weight is 436 g/mol. The van der Waals surface area contributed by atoms with Gasteiger partial charge in [0.1, 0.15) is 23.9 Å². The van der Waals surface area contributed by atoms with Gasteiger partial charge in [-0.05, 0) is 47.1 Å². The van der Waals surface area contributed by atoms with Gasteiger partial charge in [0.25, 0.3) is 0 Å². The third-order valence-corrected chi connectivity index (χ3v) is 4.46. The van der Waals surface area contributed by atoms with Gasteiger partial charge in [-0.1, -0.05) is 38.0 Å². The molecule has 0 aliphatic rings. The first-order valence-electron chi connectivity index (χ1n) is 10.8. The first kappa shape index (κ1) is 26.3. The van der Waals surface area contributed by atoms with Gasteiger partial charge in [-0.15, -0.1) is 0 Å². The number of benzene rings is 1. The molecule has 0 aromatic heterocycles. The summed E-state index contributed by atoms with van der Waals surface area (Å²) in [5, 5.41) is 15.7. The topological polar surface area (TPSA) is 108 Å². The molecular weight excluding hydrogens is 398 g/mol. The Labute approximate surface area is 185 Å². The van der Waals surface area contributed by atoms with E-state index in [2.05, 4.69) is 17.6 Å². The summed E-state index contributed by atoms with van der Waals surface area (Å²) in [7, 11) is 0. The van der Waals surface area contributed by atoms with Gasteiger partial charge < -0.3 is 25.4 Å². The Morgan fingerprint density at radius 3 is 2.29 bits per heavy atom. The lowest BCUT2D eigenvalue weighted by atomic mass is 10.0. The van der Waals surface area contributed by atoms with E-state index < -0.39 is 23.6 Å². The number of amides is 3. The summed E-state index contributed by atoms with van der Waals surface area (Å²) >= 11 is 0. The standard InChI is InChI=1S/C23H37N3O5/c1-7-8-11-14-24-21(29)20(17-12-9-10-13-18(17)27)26(16(2)3)19(28)15-25-22(30)31-23(4,5)6/h9-10,12-13,16,20,27H,7-8,11,14-15H2,1-6H3,(H,24,29)(H,25,30). The Morgan fingerprint density at radius 1 is 1.10 bits per heavy atom. The second kappa shape index (κ2) is 12.2. The Kier molecular flexibility index (Phi) is 10.3. The number of unbranched alkanes of at least 4 members (excludes halogenated alkanes) is 2. The molecule has 1 unspecified atom stereocenters. The van der Waals surface area contributed by atoms with Crippen LogP contribution in [0.4, 0.5) is 4.79 Å². The van der Waals surface area contributed by atoms with E-state index >= 15 is 0 Å². The van der Waals surface area contributed by atoms with Crippen molar-refractivity contribution in [3.63, 3.8) is 0 Å². The molecule has 1 aromatic carbocycles. The van der Waals surface area contributed by atoms with Crippen LogP contribution >= 0.6 is 0 Å². The first-order chi connectivity index (χ1) is 14.5. The van der Waals surface area contributed by atoms with Crippen LogP contribution in [0.3, 0.4) is 0 Å². The fourth-order valence-electron chi connectivity index (χ4n) is 3.10. The van der Waals surface area contributed by atoms with Gasteiger partial charge in [0.05, 0.1) is 0 Å². The van der Waals surface area contributed by atoms with Gasteiger partial charge in [0, 0.05) is 18.2 Å². The minimum atomic E-state index is -1.03. The lowest BCUT2D eigenvalue weighted by Crippen LogP contribution is -2.50. The second-order valence-electron chi connectivity index (χ2n) is 8.71. The van der Waals surface area contributed by atoms with Crippen LogP contribution in [-0.2, 0) is 14.3 Å². The number of ether oxygens (including phenoxy) is 1. The number of carbonyl (C=O) groups is 3. The number of hydrogen-bond donors (Lipinski definition) is 3. The van der Waals surface area contributed by atoms with E-state index in [1.165, 1.54) is 11.0 Å². The van der Waals surface area contributed by atoms with Gasteiger partial charge in [0.2, 0.25) is 11.8 Å². The minimum Gasteiger partial charge on any atom is -0.508 e. The highest BCUT2D eigenvalue weighted by atomic mass is 16.6. The highest BCUT2D eigenvalue weighted by Crippen LogP contribution is 2.30. The molecule has 1 atom stereocenters. The zero-order chi connectivity index (χ0) is 23.6.